The molecule has 1 N–H and O–H groups in total. The number of carboxylic acids is 1. The lowest BCUT2D eigenvalue weighted by molar-refractivity contribution is -0.384. The summed E-state index contributed by atoms with van der Waals surface area (Å²) in [5.74, 6) is -1.03. The SMILES string of the molecule is CCN(CCN(C(C)C)C(C)C)c1ccc(CC=CC(=O)O)cc1[N+](=O)[O-]. The predicted octanol–water partition coefficient (Wildman–Crippen LogP) is 3.72. The van der Waals surface area contributed by atoms with Crippen molar-refractivity contribution in [1.29, 1.82) is 0 Å². The fraction of sp³-hybridized carbons (Fsp3) is 0.550. The maximum atomic E-state index is 11.6. The fourth-order valence-corrected chi connectivity index (χ4v) is 3.20. The summed E-state index contributed by atoms with van der Waals surface area (Å²) in [4.78, 5) is 26.2. The van der Waals surface area contributed by atoms with E-state index in [0.29, 0.717) is 42.8 Å². The van der Waals surface area contributed by atoms with Gasteiger partial charge in [-0.2, -0.15) is 0 Å². The van der Waals surface area contributed by atoms with E-state index in [9.17, 15) is 14.9 Å². The van der Waals surface area contributed by atoms with Crippen LogP contribution in [0.1, 0.15) is 40.2 Å². The Kier molecular flexibility index (Phi) is 8.94. The Morgan fingerprint density at radius 1 is 1.22 bits per heavy atom. The minimum Gasteiger partial charge on any atom is -0.478 e. The maximum absolute atomic E-state index is 11.6. The molecule has 7 heteroatoms. The molecule has 1 aromatic rings. The van der Waals surface area contributed by atoms with Crippen molar-refractivity contribution in [2.75, 3.05) is 24.5 Å². The second-order valence-corrected chi connectivity index (χ2v) is 7.03. The molecule has 0 radical (unpaired) electrons. The Labute approximate surface area is 161 Å². The minimum absolute atomic E-state index is 0.0544. The van der Waals surface area contributed by atoms with Gasteiger partial charge in [-0.25, -0.2) is 4.79 Å². The molecule has 0 atom stereocenters. The molecule has 0 spiro atoms. The average molecular weight is 377 g/mol. The molecular weight excluding hydrogens is 346 g/mol. The van der Waals surface area contributed by atoms with Gasteiger partial charge in [0.1, 0.15) is 5.69 Å². The zero-order valence-corrected chi connectivity index (χ0v) is 16.9. The summed E-state index contributed by atoms with van der Waals surface area (Å²) in [6, 6.07) is 5.93. The molecular formula is C20H31N3O4. The molecule has 0 aliphatic carbocycles. The van der Waals surface area contributed by atoms with Gasteiger partial charge >= 0.3 is 5.97 Å². The van der Waals surface area contributed by atoms with Gasteiger partial charge in [0.05, 0.1) is 4.92 Å². The molecule has 0 amide bonds. The lowest BCUT2D eigenvalue weighted by atomic mass is 10.1. The van der Waals surface area contributed by atoms with Gasteiger partial charge < -0.3 is 10.0 Å². The van der Waals surface area contributed by atoms with E-state index in [1.54, 1.807) is 6.07 Å². The highest BCUT2D eigenvalue weighted by molar-refractivity contribution is 5.79. The first kappa shape index (κ1) is 22.6. The molecule has 1 aromatic carbocycles. The summed E-state index contributed by atoms with van der Waals surface area (Å²) in [6.45, 7) is 12.8. The van der Waals surface area contributed by atoms with E-state index in [-0.39, 0.29) is 10.6 Å². The van der Waals surface area contributed by atoms with Crippen molar-refractivity contribution in [3.63, 3.8) is 0 Å². The van der Waals surface area contributed by atoms with E-state index < -0.39 is 5.97 Å². The number of benzene rings is 1. The zero-order valence-electron chi connectivity index (χ0n) is 16.9. The highest BCUT2D eigenvalue weighted by Crippen LogP contribution is 2.29. The molecule has 0 aliphatic rings. The van der Waals surface area contributed by atoms with E-state index >= 15 is 0 Å². The number of aliphatic carboxylic acids is 1. The van der Waals surface area contributed by atoms with Gasteiger partial charge in [0.2, 0.25) is 0 Å². The Morgan fingerprint density at radius 2 is 1.85 bits per heavy atom. The fourth-order valence-electron chi connectivity index (χ4n) is 3.20. The lowest BCUT2D eigenvalue weighted by Gasteiger charge is -2.33. The highest BCUT2D eigenvalue weighted by Gasteiger charge is 2.21. The summed E-state index contributed by atoms with van der Waals surface area (Å²) in [7, 11) is 0. The summed E-state index contributed by atoms with van der Waals surface area (Å²) in [5.41, 5.74) is 1.37. The maximum Gasteiger partial charge on any atom is 0.327 e. The molecule has 0 bridgehead atoms. The van der Waals surface area contributed by atoms with E-state index in [4.69, 9.17) is 5.11 Å². The monoisotopic (exact) mass is 377 g/mol. The normalized spacial score (nSPS) is 11.7. The van der Waals surface area contributed by atoms with Crippen LogP contribution in [-0.4, -0.2) is 52.6 Å². The van der Waals surface area contributed by atoms with Crippen LogP contribution in [-0.2, 0) is 11.2 Å². The van der Waals surface area contributed by atoms with E-state index in [1.165, 1.54) is 12.1 Å². The summed E-state index contributed by atoms with van der Waals surface area (Å²) in [6.07, 6.45) is 2.88. The summed E-state index contributed by atoms with van der Waals surface area (Å²) < 4.78 is 0. The van der Waals surface area contributed by atoms with Gasteiger partial charge in [0.15, 0.2) is 0 Å². The second kappa shape index (κ2) is 10.7. The van der Waals surface area contributed by atoms with Crippen molar-refractivity contribution >= 4 is 17.3 Å². The van der Waals surface area contributed by atoms with Crippen LogP contribution >= 0.6 is 0 Å². The molecule has 0 unspecified atom stereocenters. The first-order chi connectivity index (χ1) is 12.7. The molecule has 0 heterocycles. The molecule has 0 aliphatic heterocycles. The van der Waals surface area contributed by atoms with Crippen LogP contribution in [0, 0.1) is 10.1 Å². The lowest BCUT2D eigenvalue weighted by Crippen LogP contribution is -2.42. The van der Waals surface area contributed by atoms with Crippen LogP contribution in [0.25, 0.3) is 0 Å². The molecule has 0 saturated carbocycles. The van der Waals surface area contributed by atoms with Crippen molar-refractivity contribution in [1.82, 2.24) is 4.90 Å². The number of likely N-dealkylation sites (N-methyl/N-ethyl adjacent to an activating group) is 1. The van der Waals surface area contributed by atoms with E-state index in [2.05, 4.69) is 32.6 Å². The Hall–Kier alpha value is -2.41. The highest BCUT2D eigenvalue weighted by atomic mass is 16.6. The number of allylic oxidation sites excluding steroid dienone is 1. The van der Waals surface area contributed by atoms with Crippen molar-refractivity contribution in [2.24, 2.45) is 0 Å². The number of hydrogen-bond donors (Lipinski definition) is 1. The van der Waals surface area contributed by atoms with Crippen LogP contribution in [0.3, 0.4) is 0 Å². The van der Waals surface area contributed by atoms with Crippen LogP contribution in [0.5, 0.6) is 0 Å². The standard InChI is InChI=1S/C20H31N3O4/c1-6-21(12-13-22(15(2)3)16(4)5)18-11-10-17(8-7-9-20(24)25)14-19(18)23(26)27/h7,9-11,14-16H,6,8,12-13H2,1-5H3,(H,24,25). The van der Waals surface area contributed by atoms with Gasteiger partial charge in [0.25, 0.3) is 5.69 Å². The van der Waals surface area contributed by atoms with Crippen molar-refractivity contribution < 1.29 is 14.8 Å². The number of nitro groups is 1. The van der Waals surface area contributed by atoms with Gasteiger partial charge in [-0.3, -0.25) is 15.0 Å². The number of nitro benzene ring substituents is 1. The van der Waals surface area contributed by atoms with Gasteiger partial charge in [0, 0.05) is 43.9 Å². The van der Waals surface area contributed by atoms with Crippen LogP contribution in [0.15, 0.2) is 30.4 Å². The van der Waals surface area contributed by atoms with E-state index in [1.807, 2.05) is 17.9 Å². The van der Waals surface area contributed by atoms with E-state index in [0.717, 1.165) is 12.6 Å². The number of carbonyl (C=O) groups is 1. The first-order valence-corrected chi connectivity index (χ1v) is 9.34. The van der Waals surface area contributed by atoms with Gasteiger partial charge in [-0.05, 0) is 52.7 Å². The topological polar surface area (TPSA) is 86.9 Å². The second-order valence-electron chi connectivity index (χ2n) is 7.03. The molecule has 27 heavy (non-hydrogen) atoms. The summed E-state index contributed by atoms with van der Waals surface area (Å²) >= 11 is 0. The predicted molar refractivity (Wildman–Crippen MR) is 108 cm³/mol. The quantitative estimate of drug-likeness (QED) is 0.359. The first-order valence-electron chi connectivity index (χ1n) is 9.34. The number of rotatable bonds is 11. The minimum atomic E-state index is -1.03. The molecule has 1 rings (SSSR count). The summed E-state index contributed by atoms with van der Waals surface area (Å²) in [5, 5.41) is 20.2. The molecule has 7 nitrogen and oxygen atoms in total. The van der Waals surface area contributed by atoms with Gasteiger partial charge in [-0.15, -0.1) is 0 Å². The molecule has 150 valence electrons. The largest absolute Gasteiger partial charge is 0.478 e. The zero-order chi connectivity index (χ0) is 20.6. The third kappa shape index (κ3) is 7.02. The average Bonchev–Trinajstić information content (AvgIpc) is 2.58. The number of hydrogen-bond acceptors (Lipinski definition) is 5. The van der Waals surface area contributed by atoms with Crippen molar-refractivity contribution in [3.8, 4) is 0 Å². The third-order valence-electron chi connectivity index (χ3n) is 4.53. The number of carboxylic acid groups (broad SMARTS) is 1. The van der Waals surface area contributed by atoms with Crippen LogP contribution < -0.4 is 4.90 Å². The molecule has 0 saturated heterocycles. The van der Waals surface area contributed by atoms with Crippen LogP contribution in [0.2, 0.25) is 0 Å². The Bertz CT molecular complexity index is 663. The molecule has 0 fully saturated rings. The van der Waals surface area contributed by atoms with Crippen molar-refractivity contribution in [3.05, 3.63) is 46.0 Å². The molecule has 0 aromatic heterocycles. The number of nitrogens with zero attached hydrogens (tertiary/aromatic N) is 3. The van der Waals surface area contributed by atoms with Crippen LogP contribution in [0.4, 0.5) is 11.4 Å². The van der Waals surface area contributed by atoms with Crippen molar-refractivity contribution in [2.45, 2.75) is 53.1 Å². The smallest absolute Gasteiger partial charge is 0.327 e. The number of anilines is 1. The third-order valence-corrected chi connectivity index (χ3v) is 4.53. The Balaban J connectivity index is 3.03. The Morgan fingerprint density at radius 3 is 2.33 bits per heavy atom. The van der Waals surface area contributed by atoms with Gasteiger partial charge in [-0.1, -0.05) is 12.1 Å².